The van der Waals surface area contributed by atoms with Crippen LogP contribution in [0, 0.1) is 5.41 Å². The molecule has 0 saturated carbocycles. The molecule has 0 bridgehead atoms. The minimum absolute atomic E-state index is 0.530. The lowest BCUT2D eigenvalue weighted by atomic mass is 10.1. The fourth-order valence-corrected chi connectivity index (χ4v) is 1.45. The Morgan fingerprint density at radius 1 is 1.45 bits per heavy atom. The fraction of sp³-hybridized carbons (Fsp3) is 0.889. The van der Waals surface area contributed by atoms with Crippen LogP contribution in [0.5, 0.6) is 0 Å². The molecule has 0 amide bonds. The van der Waals surface area contributed by atoms with Crippen molar-refractivity contribution in [2.75, 3.05) is 6.54 Å². The van der Waals surface area contributed by atoms with Crippen LogP contribution in [0.1, 0.15) is 40.5 Å². The van der Waals surface area contributed by atoms with E-state index in [2.05, 4.69) is 25.7 Å². The van der Waals surface area contributed by atoms with Crippen molar-refractivity contribution in [1.82, 2.24) is 4.90 Å². The van der Waals surface area contributed by atoms with Crippen molar-refractivity contribution < 1.29 is 0 Å². The molecule has 1 atom stereocenters. The van der Waals surface area contributed by atoms with E-state index in [0.717, 1.165) is 6.54 Å². The van der Waals surface area contributed by atoms with E-state index in [1.165, 1.54) is 12.8 Å². The van der Waals surface area contributed by atoms with Crippen molar-refractivity contribution in [2.45, 2.75) is 46.6 Å². The predicted molar refractivity (Wildman–Crippen MR) is 50.2 cm³/mol. The van der Waals surface area contributed by atoms with Gasteiger partial charge in [-0.05, 0) is 27.2 Å². The summed E-state index contributed by atoms with van der Waals surface area (Å²) in [6.45, 7) is 9.28. The number of hydrogen-bond acceptors (Lipinski definition) is 1. The van der Waals surface area contributed by atoms with E-state index in [-0.39, 0.29) is 0 Å². The van der Waals surface area contributed by atoms with E-state index in [9.17, 15) is 0 Å². The van der Waals surface area contributed by atoms with Crippen LogP contribution in [-0.4, -0.2) is 23.3 Å². The van der Waals surface area contributed by atoms with Crippen molar-refractivity contribution >= 4 is 5.84 Å². The first kappa shape index (κ1) is 10.5. The van der Waals surface area contributed by atoms with Gasteiger partial charge in [0.05, 0.1) is 5.84 Å². The molecule has 2 nitrogen and oxygen atoms in total. The molecule has 0 aromatic carbocycles. The molecule has 2 heteroatoms. The summed E-state index contributed by atoms with van der Waals surface area (Å²) in [5, 5.41) is 7.49. The summed E-state index contributed by atoms with van der Waals surface area (Å²) in [4.78, 5) is 2.13. The second kappa shape index (κ2) is 5.16. The fourth-order valence-electron chi connectivity index (χ4n) is 1.45. The highest BCUT2D eigenvalue weighted by Crippen LogP contribution is 2.05. The summed E-state index contributed by atoms with van der Waals surface area (Å²) in [7, 11) is 0. The first-order valence-corrected chi connectivity index (χ1v) is 4.45. The Morgan fingerprint density at radius 2 is 2.00 bits per heavy atom. The molecule has 0 aromatic heterocycles. The first-order valence-electron chi connectivity index (χ1n) is 4.45. The number of amidine groups is 1. The molecule has 1 N–H and O–H groups in total. The van der Waals surface area contributed by atoms with Gasteiger partial charge in [-0.25, -0.2) is 0 Å². The molecule has 0 rings (SSSR count). The average Bonchev–Trinajstić information content (AvgIpc) is 1.88. The van der Waals surface area contributed by atoms with Gasteiger partial charge in [0.2, 0.25) is 0 Å². The lowest BCUT2D eigenvalue weighted by Gasteiger charge is -2.28. The number of hydrogen-bond donors (Lipinski definition) is 1. The highest BCUT2D eigenvalue weighted by atomic mass is 15.2. The van der Waals surface area contributed by atoms with Gasteiger partial charge in [-0.3, -0.25) is 5.41 Å². The molecule has 0 aliphatic heterocycles. The molecule has 0 fully saturated rings. The largest absolute Gasteiger partial charge is 0.358 e. The number of nitrogens with one attached hydrogen (secondary N) is 1. The molecule has 0 saturated heterocycles. The van der Waals surface area contributed by atoms with Gasteiger partial charge in [0.15, 0.2) is 0 Å². The van der Waals surface area contributed by atoms with Gasteiger partial charge in [0.25, 0.3) is 0 Å². The quantitative estimate of drug-likeness (QED) is 0.491. The second-order valence-electron chi connectivity index (χ2n) is 3.01. The maximum absolute atomic E-state index is 7.49. The number of nitrogens with zero attached hydrogens (tertiary/aromatic N) is 1. The highest BCUT2D eigenvalue weighted by Gasteiger charge is 2.10. The molecule has 0 aromatic rings. The Labute approximate surface area is 70.1 Å². The molecular weight excluding hydrogens is 136 g/mol. The van der Waals surface area contributed by atoms with Crippen molar-refractivity contribution in [2.24, 2.45) is 0 Å². The van der Waals surface area contributed by atoms with Crippen LogP contribution in [0.25, 0.3) is 0 Å². The van der Waals surface area contributed by atoms with Gasteiger partial charge >= 0.3 is 0 Å². The van der Waals surface area contributed by atoms with E-state index >= 15 is 0 Å². The smallest absolute Gasteiger partial charge is 0.0928 e. The molecular formula is C9H20N2. The third kappa shape index (κ3) is 3.40. The SMILES string of the molecule is CCCC(C)N(CC)C(C)=N. The average molecular weight is 156 g/mol. The van der Waals surface area contributed by atoms with E-state index in [4.69, 9.17) is 5.41 Å². The zero-order valence-corrected chi connectivity index (χ0v) is 8.15. The van der Waals surface area contributed by atoms with Gasteiger partial charge in [0, 0.05) is 12.6 Å². The van der Waals surface area contributed by atoms with Crippen molar-refractivity contribution in [3.05, 3.63) is 0 Å². The first-order chi connectivity index (χ1) is 5.13. The Bertz CT molecular complexity index is 121. The van der Waals surface area contributed by atoms with Crippen LogP contribution < -0.4 is 0 Å². The maximum atomic E-state index is 7.49. The standard InChI is InChI=1S/C9H20N2/c1-5-7-8(3)11(6-2)9(4)10/h8,10H,5-7H2,1-4H3. The lowest BCUT2D eigenvalue weighted by molar-refractivity contribution is 0.322. The molecule has 0 aliphatic rings. The van der Waals surface area contributed by atoms with E-state index < -0.39 is 0 Å². The minimum Gasteiger partial charge on any atom is -0.358 e. The summed E-state index contributed by atoms with van der Waals surface area (Å²) in [6.07, 6.45) is 2.38. The van der Waals surface area contributed by atoms with Crippen molar-refractivity contribution in [1.29, 1.82) is 5.41 Å². The Morgan fingerprint density at radius 3 is 2.27 bits per heavy atom. The second-order valence-corrected chi connectivity index (χ2v) is 3.01. The van der Waals surface area contributed by atoms with E-state index in [1.54, 1.807) is 0 Å². The molecule has 0 radical (unpaired) electrons. The topological polar surface area (TPSA) is 27.1 Å². The van der Waals surface area contributed by atoms with Gasteiger partial charge in [-0.15, -0.1) is 0 Å². The highest BCUT2D eigenvalue weighted by molar-refractivity contribution is 5.76. The van der Waals surface area contributed by atoms with Crippen molar-refractivity contribution in [3.8, 4) is 0 Å². The van der Waals surface area contributed by atoms with Gasteiger partial charge in [-0.1, -0.05) is 13.3 Å². The molecule has 0 spiro atoms. The monoisotopic (exact) mass is 156 g/mol. The number of rotatable bonds is 4. The van der Waals surface area contributed by atoms with Crippen LogP contribution in [0.2, 0.25) is 0 Å². The third-order valence-corrected chi connectivity index (χ3v) is 2.01. The summed E-state index contributed by atoms with van der Waals surface area (Å²) in [5.41, 5.74) is 0. The predicted octanol–water partition coefficient (Wildman–Crippen LogP) is 2.49. The molecule has 1 unspecified atom stereocenters. The van der Waals surface area contributed by atoms with Crippen LogP contribution >= 0.6 is 0 Å². The molecule has 0 heterocycles. The minimum atomic E-state index is 0.530. The molecule has 66 valence electrons. The lowest BCUT2D eigenvalue weighted by Crippen LogP contribution is -2.36. The van der Waals surface area contributed by atoms with Crippen LogP contribution in [0.15, 0.2) is 0 Å². The van der Waals surface area contributed by atoms with Crippen LogP contribution in [0.3, 0.4) is 0 Å². The summed E-state index contributed by atoms with van der Waals surface area (Å²) >= 11 is 0. The van der Waals surface area contributed by atoms with Gasteiger partial charge in [-0.2, -0.15) is 0 Å². The summed E-state index contributed by atoms with van der Waals surface area (Å²) < 4.78 is 0. The van der Waals surface area contributed by atoms with Gasteiger partial charge in [0.1, 0.15) is 0 Å². The maximum Gasteiger partial charge on any atom is 0.0928 e. The molecule has 0 aliphatic carbocycles. The van der Waals surface area contributed by atoms with E-state index in [0.29, 0.717) is 11.9 Å². The van der Waals surface area contributed by atoms with Crippen molar-refractivity contribution in [3.63, 3.8) is 0 Å². The zero-order valence-electron chi connectivity index (χ0n) is 8.15. The van der Waals surface area contributed by atoms with Crippen LogP contribution in [0.4, 0.5) is 0 Å². The Kier molecular flexibility index (Phi) is 4.92. The summed E-state index contributed by atoms with van der Waals surface area (Å²) in [6, 6.07) is 0.530. The third-order valence-electron chi connectivity index (χ3n) is 2.01. The molecule has 11 heavy (non-hydrogen) atoms. The Balaban J connectivity index is 3.91. The normalized spacial score (nSPS) is 12.7. The van der Waals surface area contributed by atoms with E-state index in [1.807, 2.05) is 6.92 Å². The zero-order chi connectivity index (χ0) is 8.85. The van der Waals surface area contributed by atoms with Crippen LogP contribution in [-0.2, 0) is 0 Å². The van der Waals surface area contributed by atoms with Gasteiger partial charge < -0.3 is 4.90 Å². The Hall–Kier alpha value is -0.530. The summed E-state index contributed by atoms with van der Waals surface area (Å²) in [5.74, 6) is 0.688.